The molecule has 1 heterocycles. The summed E-state index contributed by atoms with van der Waals surface area (Å²) in [5.74, 6) is 0.483. The molecular weight excluding hydrogens is 391 g/mol. The lowest BCUT2D eigenvalue weighted by Crippen LogP contribution is -2.40. The Bertz CT molecular complexity index is 597. The number of aromatic nitrogens is 1. The van der Waals surface area contributed by atoms with Crippen LogP contribution in [0.4, 0.5) is 0 Å². The molecule has 1 aromatic heterocycles. The number of hydrogen-bond acceptors (Lipinski definition) is 2. The van der Waals surface area contributed by atoms with E-state index in [9.17, 15) is 0 Å². The van der Waals surface area contributed by atoms with Gasteiger partial charge in [0.25, 0.3) is 0 Å². The molecule has 0 saturated carbocycles. The number of methoxy groups -OCH3 is 1. The van der Waals surface area contributed by atoms with Crippen molar-refractivity contribution in [2.45, 2.75) is 25.9 Å². The Morgan fingerprint density at radius 1 is 1.36 bits per heavy atom. The Morgan fingerprint density at radius 2 is 2.14 bits per heavy atom. The van der Waals surface area contributed by atoms with Crippen molar-refractivity contribution in [3.8, 4) is 0 Å². The van der Waals surface area contributed by atoms with Gasteiger partial charge in [-0.2, -0.15) is 0 Å². The number of guanidine groups is 1. The van der Waals surface area contributed by atoms with Gasteiger partial charge in [0.1, 0.15) is 0 Å². The molecule has 2 aromatic rings. The zero-order valence-electron chi connectivity index (χ0n) is 13.2. The fourth-order valence-electron chi connectivity index (χ4n) is 2.37. The topological polar surface area (TPSA) is 64.6 Å². The molecule has 3 N–H and O–H groups in total. The molecule has 1 aromatic carbocycles. The molecule has 0 fully saturated rings. The maximum absolute atomic E-state index is 5.83. The largest absolute Gasteiger partial charge is 0.383 e. The van der Waals surface area contributed by atoms with E-state index in [1.165, 1.54) is 10.9 Å². The van der Waals surface area contributed by atoms with Gasteiger partial charge in [0.15, 0.2) is 5.96 Å². The van der Waals surface area contributed by atoms with E-state index in [1.807, 2.05) is 6.92 Å². The molecule has 1 atom stereocenters. The quantitative estimate of drug-likeness (QED) is 0.316. The van der Waals surface area contributed by atoms with Gasteiger partial charge in [-0.1, -0.05) is 18.2 Å². The number of halogens is 1. The number of hydrogen-bond donors (Lipinski definition) is 2. The summed E-state index contributed by atoms with van der Waals surface area (Å²) in [6.07, 6.45) is 3.08. The molecule has 0 spiro atoms. The third kappa shape index (κ3) is 5.49. The van der Waals surface area contributed by atoms with Gasteiger partial charge in [-0.05, 0) is 30.9 Å². The van der Waals surface area contributed by atoms with E-state index >= 15 is 0 Å². The first kappa shape index (κ1) is 18.8. The average Bonchev–Trinajstić information content (AvgIpc) is 2.87. The van der Waals surface area contributed by atoms with Crippen LogP contribution in [0.3, 0.4) is 0 Å². The zero-order chi connectivity index (χ0) is 15.1. The monoisotopic (exact) mass is 416 g/mol. The SMILES string of the molecule is COCC(C)NC(N)=NCCCn1ccc2ccccc21.I. The van der Waals surface area contributed by atoms with E-state index in [0.717, 1.165) is 13.0 Å². The minimum absolute atomic E-state index is 0. The fourth-order valence-corrected chi connectivity index (χ4v) is 2.37. The molecule has 0 bridgehead atoms. The number of benzene rings is 1. The summed E-state index contributed by atoms with van der Waals surface area (Å²) in [6, 6.07) is 10.7. The van der Waals surface area contributed by atoms with Crippen molar-refractivity contribution in [1.82, 2.24) is 9.88 Å². The Hall–Kier alpha value is -1.28. The van der Waals surface area contributed by atoms with E-state index in [2.05, 4.69) is 51.4 Å². The second-order valence-corrected chi connectivity index (χ2v) is 5.19. The van der Waals surface area contributed by atoms with E-state index in [0.29, 0.717) is 19.1 Å². The van der Waals surface area contributed by atoms with Gasteiger partial charge in [-0.25, -0.2) is 0 Å². The molecule has 0 aliphatic carbocycles. The Balaban J connectivity index is 0.00000242. The van der Waals surface area contributed by atoms with Crippen LogP contribution < -0.4 is 11.1 Å². The summed E-state index contributed by atoms with van der Waals surface area (Å²) in [5, 5.41) is 4.37. The highest BCUT2D eigenvalue weighted by molar-refractivity contribution is 14.0. The van der Waals surface area contributed by atoms with Gasteiger partial charge in [-0.3, -0.25) is 4.99 Å². The van der Waals surface area contributed by atoms with E-state index < -0.39 is 0 Å². The predicted molar refractivity (Wildman–Crippen MR) is 103 cm³/mol. The molecule has 2 rings (SSSR count). The van der Waals surface area contributed by atoms with Crippen molar-refractivity contribution in [3.05, 3.63) is 36.5 Å². The van der Waals surface area contributed by atoms with Gasteiger partial charge in [0.2, 0.25) is 0 Å². The van der Waals surface area contributed by atoms with Gasteiger partial charge in [0, 0.05) is 38.0 Å². The highest BCUT2D eigenvalue weighted by Crippen LogP contribution is 2.15. The van der Waals surface area contributed by atoms with Crippen molar-refractivity contribution in [1.29, 1.82) is 0 Å². The molecule has 0 saturated heterocycles. The molecule has 0 amide bonds. The molecule has 22 heavy (non-hydrogen) atoms. The zero-order valence-corrected chi connectivity index (χ0v) is 15.5. The highest BCUT2D eigenvalue weighted by Gasteiger charge is 2.02. The van der Waals surface area contributed by atoms with Crippen LogP contribution in [0.5, 0.6) is 0 Å². The van der Waals surface area contributed by atoms with Crippen LogP contribution in [0.2, 0.25) is 0 Å². The lowest BCUT2D eigenvalue weighted by Gasteiger charge is -2.13. The maximum Gasteiger partial charge on any atom is 0.188 e. The first-order valence-corrected chi connectivity index (χ1v) is 7.30. The van der Waals surface area contributed by atoms with E-state index in [1.54, 1.807) is 7.11 Å². The van der Waals surface area contributed by atoms with E-state index in [4.69, 9.17) is 10.5 Å². The van der Waals surface area contributed by atoms with Crippen LogP contribution in [-0.4, -0.2) is 36.8 Å². The summed E-state index contributed by atoms with van der Waals surface area (Å²) in [7, 11) is 1.67. The summed E-state index contributed by atoms with van der Waals surface area (Å²) < 4.78 is 7.30. The van der Waals surface area contributed by atoms with Crippen LogP contribution in [-0.2, 0) is 11.3 Å². The van der Waals surface area contributed by atoms with Gasteiger partial charge in [-0.15, -0.1) is 24.0 Å². The number of para-hydroxylation sites is 1. The fraction of sp³-hybridized carbons (Fsp3) is 0.438. The minimum Gasteiger partial charge on any atom is -0.383 e. The molecule has 1 unspecified atom stereocenters. The first-order chi connectivity index (χ1) is 10.2. The molecule has 0 radical (unpaired) electrons. The first-order valence-electron chi connectivity index (χ1n) is 7.30. The van der Waals surface area contributed by atoms with Crippen LogP contribution in [0.1, 0.15) is 13.3 Å². The second-order valence-electron chi connectivity index (χ2n) is 5.19. The molecule has 122 valence electrons. The average molecular weight is 416 g/mol. The van der Waals surface area contributed by atoms with Crippen molar-refractivity contribution in [2.24, 2.45) is 10.7 Å². The smallest absolute Gasteiger partial charge is 0.188 e. The number of nitrogens with zero attached hydrogens (tertiary/aromatic N) is 2. The number of ether oxygens (including phenoxy) is 1. The van der Waals surface area contributed by atoms with Crippen molar-refractivity contribution >= 4 is 40.8 Å². The molecule has 0 aliphatic heterocycles. The lowest BCUT2D eigenvalue weighted by molar-refractivity contribution is 0.179. The Labute approximate surface area is 148 Å². The number of aryl methyl sites for hydroxylation is 1. The number of aliphatic imine (C=N–C) groups is 1. The lowest BCUT2D eigenvalue weighted by atomic mass is 10.2. The molecular formula is C16H25IN4O. The third-order valence-electron chi connectivity index (χ3n) is 3.33. The summed E-state index contributed by atoms with van der Waals surface area (Å²) >= 11 is 0. The molecule has 0 aliphatic rings. The summed E-state index contributed by atoms with van der Waals surface area (Å²) in [4.78, 5) is 4.34. The molecule has 5 nitrogen and oxygen atoms in total. The minimum atomic E-state index is 0. The predicted octanol–water partition coefficient (Wildman–Crippen LogP) is 2.59. The van der Waals surface area contributed by atoms with Crippen LogP contribution >= 0.6 is 24.0 Å². The third-order valence-corrected chi connectivity index (χ3v) is 3.33. The highest BCUT2D eigenvalue weighted by atomic mass is 127. The normalized spacial score (nSPS) is 12.9. The van der Waals surface area contributed by atoms with Gasteiger partial charge < -0.3 is 20.4 Å². The van der Waals surface area contributed by atoms with Crippen LogP contribution in [0, 0.1) is 0 Å². The van der Waals surface area contributed by atoms with Crippen LogP contribution in [0.25, 0.3) is 10.9 Å². The van der Waals surface area contributed by atoms with Crippen molar-refractivity contribution < 1.29 is 4.74 Å². The number of nitrogens with one attached hydrogen (secondary N) is 1. The summed E-state index contributed by atoms with van der Waals surface area (Å²) in [6.45, 7) is 4.28. The van der Waals surface area contributed by atoms with Gasteiger partial charge >= 0.3 is 0 Å². The van der Waals surface area contributed by atoms with Crippen molar-refractivity contribution in [2.75, 3.05) is 20.3 Å². The van der Waals surface area contributed by atoms with Gasteiger partial charge in [0.05, 0.1) is 6.61 Å². The van der Waals surface area contributed by atoms with Crippen LogP contribution in [0.15, 0.2) is 41.5 Å². The Morgan fingerprint density at radius 3 is 2.91 bits per heavy atom. The standard InChI is InChI=1S/C16H24N4O.HI/c1-13(12-21-2)19-16(17)18-9-5-10-20-11-8-14-6-3-4-7-15(14)20;/h3-4,6-8,11,13H,5,9-10,12H2,1-2H3,(H3,17,18,19);1H. The van der Waals surface area contributed by atoms with E-state index in [-0.39, 0.29) is 30.0 Å². The summed E-state index contributed by atoms with van der Waals surface area (Å²) in [5.41, 5.74) is 7.10. The number of fused-ring (bicyclic) bond motifs is 1. The number of rotatable bonds is 7. The number of nitrogens with two attached hydrogens (primary N) is 1. The molecule has 6 heteroatoms. The van der Waals surface area contributed by atoms with Crippen molar-refractivity contribution in [3.63, 3.8) is 0 Å². The Kier molecular flexibility index (Phi) is 8.26. The second kappa shape index (κ2) is 9.68. The maximum atomic E-state index is 5.83.